The van der Waals surface area contributed by atoms with Gasteiger partial charge in [-0.2, -0.15) is 0 Å². The van der Waals surface area contributed by atoms with Crippen molar-refractivity contribution in [3.8, 4) is 0 Å². The van der Waals surface area contributed by atoms with Crippen LogP contribution in [0.15, 0.2) is 78.9 Å². The molecule has 1 fully saturated rings. The Balaban J connectivity index is 1.32. The summed E-state index contributed by atoms with van der Waals surface area (Å²) in [6, 6.07) is 23.9. The first-order chi connectivity index (χ1) is 16.0. The number of nitrogens with zero attached hydrogens (tertiary/aromatic N) is 1. The van der Waals surface area contributed by atoms with Crippen molar-refractivity contribution in [2.75, 3.05) is 13.1 Å². The van der Waals surface area contributed by atoms with Crippen LogP contribution in [-0.4, -0.2) is 29.7 Å². The fourth-order valence-corrected chi connectivity index (χ4v) is 4.60. The SMILES string of the molecule is CC(=O)C1(c2ccccc2)CCN(Cc2ccc(C(=O)NCc3ccc(F)cc3)cc2)CC1. The Morgan fingerprint density at radius 3 is 2.09 bits per heavy atom. The largest absolute Gasteiger partial charge is 0.348 e. The minimum Gasteiger partial charge on any atom is -0.348 e. The summed E-state index contributed by atoms with van der Waals surface area (Å²) in [7, 11) is 0. The van der Waals surface area contributed by atoms with Gasteiger partial charge in [0.2, 0.25) is 0 Å². The van der Waals surface area contributed by atoms with E-state index in [4.69, 9.17) is 0 Å². The van der Waals surface area contributed by atoms with E-state index in [-0.39, 0.29) is 22.9 Å². The number of likely N-dealkylation sites (tertiary alicyclic amines) is 1. The number of piperidine rings is 1. The Labute approximate surface area is 194 Å². The molecule has 5 heteroatoms. The molecule has 0 aromatic heterocycles. The molecule has 1 saturated heterocycles. The summed E-state index contributed by atoms with van der Waals surface area (Å²) in [5, 5.41) is 2.87. The van der Waals surface area contributed by atoms with Gasteiger partial charge in [-0.05, 0) is 73.8 Å². The molecule has 0 radical (unpaired) electrons. The highest BCUT2D eigenvalue weighted by Gasteiger charge is 2.40. The van der Waals surface area contributed by atoms with E-state index in [0.717, 1.165) is 49.2 Å². The number of Topliss-reactive ketones (excluding diaryl/α,β-unsaturated/α-hetero) is 1. The van der Waals surface area contributed by atoms with Gasteiger partial charge in [0.15, 0.2) is 0 Å². The Morgan fingerprint density at radius 2 is 1.48 bits per heavy atom. The Morgan fingerprint density at radius 1 is 0.879 bits per heavy atom. The van der Waals surface area contributed by atoms with E-state index in [9.17, 15) is 14.0 Å². The molecule has 0 bridgehead atoms. The summed E-state index contributed by atoms with van der Waals surface area (Å²) in [4.78, 5) is 27.4. The zero-order chi connectivity index (χ0) is 23.3. The number of halogens is 1. The van der Waals surface area contributed by atoms with E-state index < -0.39 is 0 Å². The third kappa shape index (κ3) is 5.37. The van der Waals surface area contributed by atoms with Gasteiger partial charge in [0.25, 0.3) is 5.91 Å². The first-order valence-electron chi connectivity index (χ1n) is 11.4. The van der Waals surface area contributed by atoms with Crippen molar-refractivity contribution >= 4 is 11.7 Å². The van der Waals surface area contributed by atoms with Gasteiger partial charge in [0, 0.05) is 18.7 Å². The second kappa shape index (κ2) is 10.1. The summed E-state index contributed by atoms with van der Waals surface area (Å²) in [5.41, 5.74) is 3.32. The highest BCUT2D eigenvalue weighted by atomic mass is 19.1. The van der Waals surface area contributed by atoms with Gasteiger partial charge in [-0.15, -0.1) is 0 Å². The second-order valence-electron chi connectivity index (χ2n) is 8.79. The predicted octanol–water partition coefficient (Wildman–Crippen LogP) is 4.88. The summed E-state index contributed by atoms with van der Waals surface area (Å²) in [6.07, 6.45) is 1.63. The van der Waals surface area contributed by atoms with Gasteiger partial charge in [-0.3, -0.25) is 14.5 Å². The van der Waals surface area contributed by atoms with Crippen LogP contribution in [0.4, 0.5) is 4.39 Å². The molecule has 3 aromatic carbocycles. The first kappa shape index (κ1) is 22.9. The van der Waals surface area contributed by atoms with Crippen molar-refractivity contribution in [2.45, 2.75) is 38.3 Å². The highest BCUT2D eigenvalue weighted by Crippen LogP contribution is 2.36. The Bertz CT molecular complexity index is 1090. The number of ketones is 1. The molecule has 0 atom stereocenters. The summed E-state index contributed by atoms with van der Waals surface area (Å²) in [5.74, 6) is -0.205. The lowest BCUT2D eigenvalue weighted by Crippen LogP contribution is -2.46. The van der Waals surface area contributed by atoms with E-state index in [1.54, 1.807) is 19.1 Å². The van der Waals surface area contributed by atoms with Crippen molar-refractivity contribution in [2.24, 2.45) is 0 Å². The molecular formula is C28H29FN2O2. The maximum absolute atomic E-state index is 13.0. The Hall–Kier alpha value is -3.31. The molecule has 0 spiro atoms. The van der Waals surface area contributed by atoms with E-state index >= 15 is 0 Å². The first-order valence-corrected chi connectivity index (χ1v) is 11.4. The number of carbonyl (C=O) groups excluding carboxylic acids is 2. The van der Waals surface area contributed by atoms with Crippen molar-refractivity contribution in [3.05, 3.63) is 107 Å². The molecule has 1 aliphatic heterocycles. The van der Waals surface area contributed by atoms with Crippen molar-refractivity contribution in [1.82, 2.24) is 10.2 Å². The van der Waals surface area contributed by atoms with E-state index in [1.807, 2.05) is 42.5 Å². The second-order valence-corrected chi connectivity index (χ2v) is 8.79. The average Bonchev–Trinajstić information content (AvgIpc) is 2.85. The van der Waals surface area contributed by atoms with Gasteiger partial charge >= 0.3 is 0 Å². The molecular weight excluding hydrogens is 415 g/mol. The molecule has 1 aliphatic rings. The van der Waals surface area contributed by atoms with Gasteiger partial charge in [-0.25, -0.2) is 4.39 Å². The lowest BCUT2D eigenvalue weighted by atomic mass is 9.70. The number of carbonyl (C=O) groups is 2. The molecule has 0 aliphatic carbocycles. The third-order valence-electron chi connectivity index (χ3n) is 6.70. The molecule has 170 valence electrons. The molecule has 33 heavy (non-hydrogen) atoms. The van der Waals surface area contributed by atoms with Crippen LogP contribution < -0.4 is 5.32 Å². The Kier molecular flexibility index (Phi) is 6.99. The zero-order valence-corrected chi connectivity index (χ0v) is 18.9. The molecule has 4 nitrogen and oxygen atoms in total. The van der Waals surface area contributed by atoms with Crippen molar-refractivity contribution < 1.29 is 14.0 Å². The summed E-state index contributed by atoms with van der Waals surface area (Å²) in [6.45, 7) is 4.57. The molecule has 1 amide bonds. The van der Waals surface area contributed by atoms with Gasteiger partial charge in [-0.1, -0.05) is 54.6 Å². The van der Waals surface area contributed by atoms with Crippen LogP contribution in [-0.2, 0) is 23.3 Å². The third-order valence-corrected chi connectivity index (χ3v) is 6.70. The van der Waals surface area contributed by atoms with E-state index in [1.165, 1.54) is 12.1 Å². The number of rotatable bonds is 7. The molecule has 0 unspecified atom stereocenters. The minimum atomic E-state index is -0.385. The maximum atomic E-state index is 13.0. The number of hydrogen-bond acceptors (Lipinski definition) is 3. The fourth-order valence-electron chi connectivity index (χ4n) is 4.60. The predicted molar refractivity (Wildman–Crippen MR) is 127 cm³/mol. The molecule has 1 N–H and O–H groups in total. The maximum Gasteiger partial charge on any atom is 0.251 e. The van der Waals surface area contributed by atoms with Gasteiger partial charge < -0.3 is 5.32 Å². The van der Waals surface area contributed by atoms with Crippen LogP contribution in [0.2, 0.25) is 0 Å². The van der Waals surface area contributed by atoms with Crippen LogP contribution in [0.3, 0.4) is 0 Å². The number of hydrogen-bond donors (Lipinski definition) is 1. The monoisotopic (exact) mass is 444 g/mol. The van der Waals surface area contributed by atoms with Crippen molar-refractivity contribution in [1.29, 1.82) is 0 Å². The topological polar surface area (TPSA) is 49.4 Å². The van der Waals surface area contributed by atoms with Crippen LogP contribution in [0.1, 0.15) is 46.8 Å². The molecule has 1 heterocycles. The minimum absolute atomic E-state index is 0.155. The van der Waals surface area contributed by atoms with Crippen LogP contribution in [0.5, 0.6) is 0 Å². The molecule has 4 rings (SSSR count). The van der Waals surface area contributed by atoms with Crippen LogP contribution >= 0.6 is 0 Å². The standard InChI is InChI=1S/C28H29FN2O2/c1-21(32)28(25-5-3-2-4-6-25)15-17-31(18-16-28)20-23-7-11-24(12-8-23)27(33)30-19-22-9-13-26(29)14-10-22/h2-14H,15-20H2,1H3,(H,30,33). The normalized spacial score (nSPS) is 15.7. The lowest BCUT2D eigenvalue weighted by Gasteiger charge is -2.40. The lowest BCUT2D eigenvalue weighted by molar-refractivity contribution is -0.124. The van der Waals surface area contributed by atoms with E-state index in [0.29, 0.717) is 12.1 Å². The van der Waals surface area contributed by atoms with Crippen molar-refractivity contribution in [3.63, 3.8) is 0 Å². The number of benzene rings is 3. The zero-order valence-electron chi connectivity index (χ0n) is 18.9. The quantitative estimate of drug-likeness (QED) is 0.565. The smallest absolute Gasteiger partial charge is 0.251 e. The summed E-state index contributed by atoms with van der Waals surface area (Å²) < 4.78 is 13.0. The fraction of sp³-hybridized carbons (Fsp3) is 0.286. The van der Waals surface area contributed by atoms with Crippen LogP contribution in [0, 0.1) is 5.82 Å². The van der Waals surface area contributed by atoms with E-state index in [2.05, 4.69) is 22.3 Å². The number of amides is 1. The van der Waals surface area contributed by atoms with Gasteiger partial charge in [0.1, 0.15) is 11.6 Å². The number of nitrogens with one attached hydrogen (secondary N) is 1. The molecule has 3 aromatic rings. The average molecular weight is 445 g/mol. The van der Waals surface area contributed by atoms with Crippen LogP contribution in [0.25, 0.3) is 0 Å². The highest BCUT2D eigenvalue weighted by molar-refractivity contribution is 5.94. The summed E-state index contributed by atoms with van der Waals surface area (Å²) >= 11 is 0. The molecule has 0 saturated carbocycles. The van der Waals surface area contributed by atoms with Gasteiger partial charge in [0.05, 0.1) is 5.41 Å².